The molecular formula is C25H33N3O3SSi. The minimum atomic E-state index is -2.70. The molecule has 1 saturated carbocycles. The number of rotatable bonds is 9. The molecule has 0 radical (unpaired) electrons. The van der Waals surface area contributed by atoms with Crippen molar-refractivity contribution in [2.45, 2.75) is 50.2 Å². The zero-order chi connectivity index (χ0) is 23.6. The maximum atomic E-state index is 14.0. The van der Waals surface area contributed by atoms with Crippen molar-refractivity contribution in [2.75, 3.05) is 13.7 Å². The van der Waals surface area contributed by atoms with Crippen LogP contribution in [0.3, 0.4) is 0 Å². The highest BCUT2D eigenvalue weighted by Gasteiger charge is 2.30. The Balaban J connectivity index is 1.62. The molecule has 1 N–H and O–H groups in total. The summed E-state index contributed by atoms with van der Waals surface area (Å²) in [6.07, 6.45) is 4.12. The average Bonchev–Trinajstić information content (AvgIpc) is 3.62. The van der Waals surface area contributed by atoms with Crippen molar-refractivity contribution in [3.05, 3.63) is 54.7 Å². The zero-order valence-electron chi connectivity index (χ0n) is 20.0. The molecule has 1 atom stereocenters. The van der Waals surface area contributed by atoms with Gasteiger partial charge in [-0.25, -0.2) is 8.93 Å². The van der Waals surface area contributed by atoms with Crippen molar-refractivity contribution in [1.29, 1.82) is 0 Å². The number of aromatic nitrogens is 1. The van der Waals surface area contributed by atoms with Gasteiger partial charge in [0.1, 0.15) is 27.2 Å². The van der Waals surface area contributed by atoms with E-state index in [9.17, 15) is 4.21 Å². The molecule has 8 heteroatoms. The second-order valence-corrected chi connectivity index (χ2v) is 16.5. The molecule has 6 nitrogen and oxygen atoms in total. The first-order valence-corrected chi connectivity index (χ1v) is 16.0. The second kappa shape index (κ2) is 9.44. The fourth-order valence-electron chi connectivity index (χ4n) is 3.29. The molecule has 0 bridgehead atoms. The summed E-state index contributed by atoms with van der Waals surface area (Å²) in [6, 6.07) is 15.0. The van der Waals surface area contributed by atoms with Crippen molar-refractivity contribution < 1.29 is 13.7 Å². The number of nitrogens with zero attached hydrogens (tertiary/aromatic N) is 2. The van der Waals surface area contributed by atoms with Gasteiger partial charge in [-0.3, -0.25) is 9.01 Å². The number of methoxy groups -OCH3 is 1. The number of fused-ring (bicyclic) bond motifs is 1. The van der Waals surface area contributed by atoms with Crippen molar-refractivity contribution in [3.8, 4) is 17.2 Å². The maximum Gasteiger partial charge on any atom is 0.192 e. The molecule has 0 amide bonds. The third-order valence-corrected chi connectivity index (χ3v) is 13.5. The second-order valence-electron chi connectivity index (χ2n) is 9.48. The standard InChI is InChI=1S/C25H33N3O3SSi/c1-18(2)33(4,5)28-32(29,27-17-19-6-7-19)22-11-8-20(9-12-22)31-25-14-15-26-24-16-21(30-3)10-13-23(24)25/h8-16,18-19H,6-7,17H2,1-5H3,(H,27,28,29). The number of benzene rings is 2. The first-order valence-electron chi connectivity index (χ1n) is 11.4. The van der Waals surface area contributed by atoms with Gasteiger partial charge in [-0.05, 0) is 79.9 Å². The number of ether oxygens (including phenoxy) is 2. The molecule has 0 saturated heterocycles. The lowest BCUT2D eigenvalue weighted by Crippen LogP contribution is -2.34. The molecule has 1 aliphatic rings. The van der Waals surface area contributed by atoms with Gasteiger partial charge < -0.3 is 9.47 Å². The molecule has 1 unspecified atom stereocenters. The van der Waals surface area contributed by atoms with Crippen molar-refractivity contribution in [2.24, 2.45) is 9.95 Å². The third-order valence-electron chi connectivity index (χ3n) is 6.32. The topological polar surface area (TPSA) is 72.8 Å². The van der Waals surface area contributed by atoms with E-state index >= 15 is 0 Å². The zero-order valence-corrected chi connectivity index (χ0v) is 21.8. The molecule has 1 aliphatic carbocycles. The van der Waals surface area contributed by atoms with E-state index < -0.39 is 18.2 Å². The van der Waals surface area contributed by atoms with Crippen LogP contribution >= 0.6 is 0 Å². The molecule has 4 rings (SSSR count). The lowest BCUT2D eigenvalue weighted by Gasteiger charge is -2.24. The van der Waals surface area contributed by atoms with Crippen LogP contribution < -0.4 is 14.2 Å². The monoisotopic (exact) mass is 483 g/mol. The van der Waals surface area contributed by atoms with E-state index in [1.807, 2.05) is 48.5 Å². The van der Waals surface area contributed by atoms with Gasteiger partial charge in [0.25, 0.3) is 0 Å². The molecule has 3 aromatic rings. The Labute approximate surface area is 198 Å². The van der Waals surface area contributed by atoms with Crippen LogP contribution in [0.5, 0.6) is 17.2 Å². The lowest BCUT2D eigenvalue weighted by molar-refractivity contribution is 0.415. The Morgan fingerprint density at radius 3 is 2.45 bits per heavy atom. The van der Waals surface area contributed by atoms with E-state index in [1.54, 1.807) is 13.3 Å². The summed E-state index contributed by atoms with van der Waals surface area (Å²) in [6.45, 7) is 9.44. The van der Waals surface area contributed by atoms with E-state index in [2.05, 4.69) is 36.6 Å². The van der Waals surface area contributed by atoms with Crippen LogP contribution in [0, 0.1) is 5.92 Å². The molecule has 0 aliphatic heterocycles. The summed E-state index contributed by atoms with van der Waals surface area (Å²) in [5.74, 6) is 2.75. The van der Waals surface area contributed by atoms with Crippen LogP contribution in [0.1, 0.15) is 26.7 Å². The molecule has 1 aromatic heterocycles. The van der Waals surface area contributed by atoms with E-state index in [4.69, 9.17) is 13.5 Å². The summed E-state index contributed by atoms with van der Waals surface area (Å²) < 4.78 is 33.8. The number of hydrogen-bond donors (Lipinski definition) is 1. The third kappa shape index (κ3) is 5.56. The smallest absolute Gasteiger partial charge is 0.192 e. The molecule has 0 spiro atoms. The summed E-state index contributed by atoms with van der Waals surface area (Å²) in [5.41, 5.74) is 1.21. The Morgan fingerprint density at radius 1 is 1.12 bits per heavy atom. The molecule has 176 valence electrons. The van der Waals surface area contributed by atoms with Gasteiger partial charge in [0.05, 0.1) is 17.5 Å². The highest BCUT2D eigenvalue weighted by Crippen LogP contribution is 2.33. The van der Waals surface area contributed by atoms with Crippen LogP contribution in [0.25, 0.3) is 10.9 Å². The van der Waals surface area contributed by atoms with E-state index in [1.165, 1.54) is 12.8 Å². The number of hydrogen-bond acceptors (Lipinski definition) is 5. The Kier molecular flexibility index (Phi) is 6.79. The highest BCUT2D eigenvalue weighted by molar-refractivity contribution is 7.92. The van der Waals surface area contributed by atoms with E-state index in [-0.39, 0.29) is 0 Å². The summed E-state index contributed by atoms with van der Waals surface area (Å²) in [5, 5.41) is 0.900. The van der Waals surface area contributed by atoms with Crippen LogP contribution in [0.4, 0.5) is 0 Å². The summed E-state index contributed by atoms with van der Waals surface area (Å²) in [7, 11) is -3.09. The normalized spacial score (nSPS) is 15.9. The molecule has 33 heavy (non-hydrogen) atoms. The number of pyridine rings is 1. The van der Waals surface area contributed by atoms with E-state index in [0.717, 1.165) is 23.2 Å². The minimum absolute atomic E-state index is 0.405. The lowest BCUT2D eigenvalue weighted by atomic mass is 10.2. The Morgan fingerprint density at radius 2 is 1.82 bits per heavy atom. The molecular weight excluding hydrogens is 450 g/mol. The van der Waals surface area contributed by atoms with Gasteiger partial charge in [0.2, 0.25) is 0 Å². The quantitative estimate of drug-likeness (QED) is 0.358. The fraction of sp³-hybridized carbons (Fsp3) is 0.400. The summed E-state index contributed by atoms with van der Waals surface area (Å²) >= 11 is 0. The first kappa shape index (κ1) is 23.7. The van der Waals surface area contributed by atoms with Crippen LogP contribution in [0.2, 0.25) is 18.6 Å². The molecule has 2 aromatic carbocycles. The van der Waals surface area contributed by atoms with Crippen LogP contribution in [-0.4, -0.2) is 31.1 Å². The molecule has 1 fully saturated rings. The predicted molar refractivity (Wildman–Crippen MR) is 137 cm³/mol. The van der Waals surface area contributed by atoms with Gasteiger partial charge >= 0.3 is 0 Å². The van der Waals surface area contributed by atoms with Crippen molar-refractivity contribution in [3.63, 3.8) is 0 Å². The van der Waals surface area contributed by atoms with E-state index in [0.29, 0.717) is 27.9 Å². The van der Waals surface area contributed by atoms with Gasteiger partial charge in [0.15, 0.2) is 8.24 Å². The first-order chi connectivity index (χ1) is 15.7. The van der Waals surface area contributed by atoms with Gasteiger partial charge in [-0.1, -0.05) is 13.8 Å². The van der Waals surface area contributed by atoms with Crippen molar-refractivity contribution in [1.82, 2.24) is 9.71 Å². The van der Waals surface area contributed by atoms with Crippen molar-refractivity contribution >= 4 is 29.1 Å². The van der Waals surface area contributed by atoms with Gasteiger partial charge in [-0.2, -0.15) is 0 Å². The molecule has 1 heterocycles. The SMILES string of the molecule is COc1ccc2c(Oc3ccc(S(=O)(=N[Si](C)(C)C(C)C)NCC4CC4)cc3)ccnc2c1. The Bertz CT molecular complexity index is 1250. The fourth-order valence-corrected chi connectivity index (χ4v) is 8.60. The highest BCUT2D eigenvalue weighted by atomic mass is 32.2. The average molecular weight is 484 g/mol. The number of nitrogens with one attached hydrogen (secondary N) is 1. The van der Waals surface area contributed by atoms with Gasteiger partial charge in [-0.15, -0.1) is 0 Å². The van der Waals surface area contributed by atoms with Crippen LogP contribution in [0.15, 0.2) is 63.7 Å². The summed E-state index contributed by atoms with van der Waals surface area (Å²) in [4.78, 5) is 5.12. The maximum absolute atomic E-state index is 14.0. The predicted octanol–water partition coefficient (Wildman–Crippen LogP) is 6.39. The minimum Gasteiger partial charge on any atom is -0.497 e. The van der Waals surface area contributed by atoms with Gasteiger partial charge in [0, 0.05) is 24.2 Å². The van der Waals surface area contributed by atoms with Crippen LogP contribution in [-0.2, 0) is 9.92 Å². The Hall–Kier alpha value is -2.42. The largest absolute Gasteiger partial charge is 0.497 e.